The average Bonchev–Trinajstić information content (AvgIpc) is 2.48. The minimum absolute atomic E-state index is 0.141. The van der Waals surface area contributed by atoms with Gasteiger partial charge in [-0.05, 0) is 49.4 Å². The third-order valence-corrected chi connectivity index (χ3v) is 3.44. The first kappa shape index (κ1) is 17.0. The maximum absolute atomic E-state index is 12.1. The lowest BCUT2D eigenvalue weighted by atomic mass is 10.2. The molecule has 1 atom stereocenters. The molecule has 0 aliphatic heterocycles. The van der Waals surface area contributed by atoms with Crippen molar-refractivity contribution in [3.8, 4) is 5.75 Å². The quantitative estimate of drug-likeness (QED) is 0.833. The van der Waals surface area contributed by atoms with Gasteiger partial charge in [0.15, 0.2) is 6.10 Å². The van der Waals surface area contributed by atoms with Crippen molar-refractivity contribution >= 4 is 39.1 Å². The van der Waals surface area contributed by atoms with Gasteiger partial charge in [-0.15, -0.1) is 0 Å². The Hall–Kier alpha value is -2.34. The molecule has 0 aliphatic carbocycles. The van der Waals surface area contributed by atoms with E-state index in [1.165, 1.54) is 6.92 Å². The second kappa shape index (κ2) is 7.78. The van der Waals surface area contributed by atoms with Crippen LogP contribution < -0.4 is 15.4 Å². The summed E-state index contributed by atoms with van der Waals surface area (Å²) in [5.74, 6) is 0.220. The third kappa shape index (κ3) is 5.41. The molecule has 0 aliphatic rings. The molecule has 2 N–H and O–H groups in total. The highest BCUT2D eigenvalue weighted by atomic mass is 79.9. The van der Waals surface area contributed by atoms with E-state index in [2.05, 4.69) is 26.6 Å². The molecule has 6 heteroatoms. The number of carbonyl (C=O) groups is 2. The molecule has 0 aromatic heterocycles. The zero-order chi connectivity index (χ0) is 16.8. The molecule has 0 radical (unpaired) electrons. The van der Waals surface area contributed by atoms with Gasteiger partial charge in [0.2, 0.25) is 5.91 Å². The zero-order valence-electron chi connectivity index (χ0n) is 12.8. The van der Waals surface area contributed by atoms with Crippen LogP contribution in [0.5, 0.6) is 5.75 Å². The molecule has 2 rings (SSSR count). The first-order chi connectivity index (χ1) is 10.9. The van der Waals surface area contributed by atoms with Crippen molar-refractivity contribution in [3.63, 3.8) is 0 Å². The standard InChI is InChI=1S/C17H17BrN2O3/c1-11(23-16-5-3-4-13(18)10-16)17(22)20-15-8-6-14(7-9-15)19-12(2)21/h3-11H,1-2H3,(H,19,21)(H,20,22). The van der Waals surface area contributed by atoms with Crippen LogP contribution in [0.25, 0.3) is 0 Å². The molecule has 2 aromatic rings. The van der Waals surface area contributed by atoms with Crippen LogP contribution in [0.3, 0.4) is 0 Å². The predicted octanol–water partition coefficient (Wildman–Crippen LogP) is 3.81. The molecule has 0 bridgehead atoms. The van der Waals surface area contributed by atoms with Gasteiger partial charge in [-0.1, -0.05) is 22.0 Å². The normalized spacial score (nSPS) is 11.4. The van der Waals surface area contributed by atoms with E-state index in [4.69, 9.17) is 4.74 Å². The fraction of sp³-hybridized carbons (Fsp3) is 0.176. The zero-order valence-corrected chi connectivity index (χ0v) is 14.4. The summed E-state index contributed by atoms with van der Waals surface area (Å²) in [6.07, 6.45) is -0.640. The molecule has 0 spiro atoms. The van der Waals surface area contributed by atoms with Gasteiger partial charge in [-0.2, -0.15) is 0 Å². The van der Waals surface area contributed by atoms with Crippen molar-refractivity contribution in [2.45, 2.75) is 20.0 Å². The summed E-state index contributed by atoms with van der Waals surface area (Å²) in [4.78, 5) is 23.1. The van der Waals surface area contributed by atoms with Gasteiger partial charge in [0.05, 0.1) is 0 Å². The van der Waals surface area contributed by atoms with Gasteiger partial charge < -0.3 is 15.4 Å². The summed E-state index contributed by atoms with van der Waals surface area (Å²) in [7, 11) is 0. The lowest BCUT2D eigenvalue weighted by molar-refractivity contribution is -0.122. The molecule has 0 saturated heterocycles. The van der Waals surface area contributed by atoms with E-state index < -0.39 is 6.10 Å². The van der Waals surface area contributed by atoms with Gasteiger partial charge in [0.1, 0.15) is 5.75 Å². The minimum Gasteiger partial charge on any atom is -0.481 e. The number of halogens is 1. The van der Waals surface area contributed by atoms with Gasteiger partial charge >= 0.3 is 0 Å². The van der Waals surface area contributed by atoms with Gasteiger partial charge in [-0.3, -0.25) is 9.59 Å². The van der Waals surface area contributed by atoms with Crippen LogP contribution >= 0.6 is 15.9 Å². The first-order valence-electron chi connectivity index (χ1n) is 7.05. The average molecular weight is 377 g/mol. The van der Waals surface area contributed by atoms with Gasteiger partial charge in [0.25, 0.3) is 5.91 Å². The fourth-order valence-electron chi connectivity index (χ4n) is 1.88. The molecule has 2 aromatic carbocycles. The molecule has 0 heterocycles. The Kier molecular flexibility index (Phi) is 5.76. The lowest BCUT2D eigenvalue weighted by Crippen LogP contribution is -2.30. The number of anilines is 2. The molecule has 2 amide bonds. The second-order valence-electron chi connectivity index (χ2n) is 4.97. The van der Waals surface area contributed by atoms with Crippen LogP contribution in [0.2, 0.25) is 0 Å². The Bertz CT molecular complexity index is 701. The summed E-state index contributed by atoms with van der Waals surface area (Å²) in [6, 6.07) is 14.2. The molecule has 5 nitrogen and oxygen atoms in total. The molecular formula is C17H17BrN2O3. The highest BCUT2D eigenvalue weighted by Crippen LogP contribution is 2.19. The van der Waals surface area contributed by atoms with Gasteiger partial charge in [0, 0.05) is 22.8 Å². The smallest absolute Gasteiger partial charge is 0.265 e. The number of benzene rings is 2. The monoisotopic (exact) mass is 376 g/mol. The van der Waals surface area contributed by atoms with Crippen molar-refractivity contribution in [1.82, 2.24) is 0 Å². The van der Waals surface area contributed by atoms with Crippen LogP contribution in [0.15, 0.2) is 53.0 Å². The minimum atomic E-state index is -0.640. The Morgan fingerprint density at radius 1 is 1.04 bits per heavy atom. The summed E-state index contributed by atoms with van der Waals surface area (Å²) in [6.45, 7) is 3.12. The molecule has 120 valence electrons. The Morgan fingerprint density at radius 2 is 1.65 bits per heavy atom. The lowest BCUT2D eigenvalue weighted by Gasteiger charge is -2.15. The Balaban J connectivity index is 1.94. The number of ether oxygens (including phenoxy) is 1. The third-order valence-electron chi connectivity index (χ3n) is 2.95. The van der Waals surface area contributed by atoms with Crippen molar-refractivity contribution in [2.24, 2.45) is 0 Å². The highest BCUT2D eigenvalue weighted by Gasteiger charge is 2.15. The largest absolute Gasteiger partial charge is 0.481 e. The number of carbonyl (C=O) groups excluding carboxylic acids is 2. The topological polar surface area (TPSA) is 67.4 Å². The molecular weight excluding hydrogens is 360 g/mol. The van der Waals surface area contributed by atoms with E-state index in [9.17, 15) is 9.59 Å². The second-order valence-corrected chi connectivity index (χ2v) is 5.88. The summed E-state index contributed by atoms with van der Waals surface area (Å²) in [5.41, 5.74) is 1.31. The van der Waals surface area contributed by atoms with Crippen LogP contribution in [-0.4, -0.2) is 17.9 Å². The molecule has 0 fully saturated rings. The number of hydrogen-bond acceptors (Lipinski definition) is 3. The summed E-state index contributed by atoms with van der Waals surface area (Å²) < 4.78 is 6.49. The number of nitrogens with one attached hydrogen (secondary N) is 2. The van der Waals surface area contributed by atoms with E-state index in [1.54, 1.807) is 43.3 Å². The van der Waals surface area contributed by atoms with E-state index in [1.807, 2.05) is 12.1 Å². The van der Waals surface area contributed by atoms with E-state index in [0.717, 1.165) is 4.47 Å². The summed E-state index contributed by atoms with van der Waals surface area (Å²) in [5, 5.41) is 5.43. The SMILES string of the molecule is CC(=O)Nc1ccc(NC(=O)C(C)Oc2cccc(Br)c2)cc1. The maximum Gasteiger partial charge on any atom is 0.265 e. The Labute approximate surface area is 143 Å². The number of hydrogen-bond donors (Lipinski definition) is 2. The fourth-order valence-corrected chi connectivity index (χ4v) is 2.26. The molecule has 1 unspecified atom stereocenters. The van der Waals surface area contributed by atoms with Crippen molar-refractivity contribution in [3.05, 3.63) is 53.0 Å². The van der Waals surface area contributed by atoms with Crippen LogP contribution in [0.1, 0.15) is 13.8 Å². The molecule has 0 saturated carbocycles. The predicted molar refractivity (Wildman–Crippen MR) is 93.6 cm³/mol. The number of rotatable bonds is 5. The van der Waals surface area contributed by atoms with Crippen LogP contribution in [0.4, 0.5) is 11.4 Å². The van der Waals surface area contributed by atoms with E-state index in [-0.39, 0.29) is 11.8 Å². The van der Waals surface area contributed by atoms with Crippen LogP contribution in [0, 0.1) is 0 Å². The van der Waals surface area contributed by atoms with Crippen molar-refractivity contribution < 1.29 is 14.3 Å². The first-order valence-corrected chi connectivity index (χ1v) is 7.84. The molecule has 23 heavy (non-hydrogen) atoms. The van der Waals surface area contributed by atoms with Crippen molar-refractivity contribution in [1.29, 1.82) is 0 Å². The maximum atomic E-state index is 12.1. The van der Waals surface area contributed by atoms with E-state index in [0.29, 0.717) is 17.1 Å². The highest BCUT2D eigenvalue weighted by molar-refractivity contribution is 9.10. The Morgan fingerprint density at radius 3 is 2.22 bits per heavy atom. The van der Waals surface area contributed by atoms with Crippen LogP contribution in [-0.2, 0) is 9.59 Å². The summed E-state index contributed by atoms with van der Waals surface area (Å²) >= 11 is 3.36. The van der Waals surface area contributed by atoms with Gasteiger partial charge in [-0.25, -0.2) is 0 Å². The number of amides is 2. The van der Waals surface area contributed by atoms with Crippen molar-refractivity contribution in [2.75, 3.05) is 10.6 Å². The van der Waals surface area contributed by atoms with E-state index >= 15 is 0 Å².